The van der Waals surface area contributed by atoms with E-state index in [9.17, 15) is 4.79 Å². The van der Waals surface area contributed by atoms with Crippen molar-refractivity contribution in [3.63, 3.8) is 0 Å². The Labute approximate surface area is 195 Å². The van der Waals surface area contributed by atoms with Crippen molar-refractivity contribution in [3.05, 3.63) is 58.7 Å². The number of carbonyl (C=O) groups is 1. The Hall–Kier alpha value is -1.95. The minimum absolute atomic E-state index is 0. The van der Waals surface area contributed by atoms with E-state index >= 15 is 0 Å². The lowest BCUT2D eigenvalue weighted by Crippen LogP contribution is -2.39. The van der Waals surface area contributed by atoms with Crippen LogP contribution in [0.5, 0.6) is 0 Å². The molecule has 1 aromatic heterocycles. The molecule has 3 aromatic rings. The molecule has 6 heteroatoms. The maximum absolute atomic E-state index is 13.6. The molecule has 166 valence electrons. The van der Waals surface area contributed by atoms with Gasteiger partial charge in [0.1, 0.15) is 0 Å². The fourth-order valence-corrected chi connectivity index (χ4v) is 5.31. The molecule has 0 aliphatic heterocycles. The summed E-state index contributed by atoms with van der Waals surface area (Å²) in [6.45, 7) is 9.89. The van der Waals surface area contributed by atoms with Crippen molar-refractivity contribution in [3.8, 4) is 0 Å². The molecule has 0 spiro atoms. The van der Waals surface area contributed by atoms with E-state index in [2.05, 4.69) is 56.0 Å². The van der Waals surface area contributed by atoms with Gasteiger partial charge in [0.05, 0.1) is 10.2 Å². The van der Waals surface area contributed by atoms with Gasteiger partial charge in [0.2, 0.25) is 0 Å². The first kappa shape index (κ1) is 23.7. The highest BCUT2D eigenvalue weighted by molar-refractivity contribution is 7.22. The van der Waals surface area contributed by atoms with Crippen LogP contribution in [0.15, 0.2) is 36.4 Å². The van der Waals surface area contributed by atoms with E-state index in [-0.39, 0.29) is 18.3 Å². The number of likely N-dealkylation sites (N-methyl/N-ethyl adjacent to an activating group) is 1. The molecule has 0 radical (unpaired) electrons. The summed E-state index contributed by atoms with van der Waals surface area (Å²) in [5.74, 6) is 0.0614. The Morgan fingerprint density at radius 2 is 1.74 bits per heavy atom. The zero-order valence-corrected chi connectivity index (χ0v) is 20.3. The number of rotatable bonds is 7. The summed E-state index contributed by atoms with van der Waals surface area (Å²) in [7, 11) is 0. The first-order valence-electron chi connectivity index (χ1n) is 11.1. The van der Waals surface area contributed by atoms with Crippen LogP contribution < -0.4 is 4.90 Å². The van der Waals surface area contributed by atoms with Gasteiger partial charge in [0.15, 0.2) is 5.13 Å². The van der Waals surface area contributed by atoms with Crippen molar-refractivity contribution in [1.82, 2.24) is 9.88 Å². The number of thiazole rings is 1. The molecule has 0 fully saturated rings. The Morgan fingerprint density at radius 1 is 1.00 bits per heavy atom. The number of anilines is 1. The Kier molecular flexibility index (Phi) is 8.09. The van der Waals surface area contributed by atoms with Gasteiger partial charge in [-0.05, 0) is 86.7 Å². The third kappa shape index (κ3) is 5.28. The number of carbonyl (C=O) groups excluding carboxylic acids is 1. The summed E-state index contributed by atoms with van der Waals surface area (Å²) in [6.07, 6.45) is 4.68. The molecular formula is C25H32ClN3OS. The van der Waals surface area contributed by atoms with Gasteiger partial charge >= 0.3 is 0 Å². The molecule has 1 aliphatic carbocycles. The lowest BCUT2D eigenvalue weighted by molar-refractivity contribution is 0.0983. The number of aryl methyl sites for hydroxylation is 3. The van der Waals surface area contributed by atoms with E-state index in [1.165, 1.54) is 29.5 Å². The molecule has 31 heavy (non-hydrogen) atoms. The number of hydrogen-bond donors (Lipinski definition) is 0. The van der Waals surface area contributed by atoms with Crippen LogP contribution in [0.1, 0.15) is 53.7 Å². The summed E-state index contributed by atoms with van der Waals surface area (Å²) >= 11 is 1.61. The van der Waals surface area contributed by atoms with Gasteiger partial charge in [-0.25, -0.2) is 4.98 Å². The fraction of sp³-hybridized carbons (Fsp3) is 0.440. The Morgan fingerprint density at radius 3 is 2.48 bits per heavy atom. The van der Waals surface area contributed by atoms with Gasteiger partial charge in [0, 0.05) is 18.7 Å². The molecule has 1 aliphatic rings. The van der Waals surface area contributed by atoms with Gasteiger partial charge in [-0.3, -0.25) is 9.69 Å². The molecule has 1 amide bonds. The lowest BCUT2D eigenvalue weighted by atomic mass is 9.90. The molecule has 0 atom stereocenters. The normalized spacial score (nSPS) is 13.2. The van der Waals surface area contributed by atoms with Crippen molar-refractivity contribution in [2.24, 2.45) is 0 Å². The Bertz CT molecular complexity index is 1040. The van der Waals surface area contributed by atoms with Gasteiger partial charge in [-0.15, -0.1) is 12.4 Å². The van der Waals surface area contributed by atoms with Crippen molar-refractivity contribution in [2.45, 2.75) is 46.5 Å². The number of fused-ring (bicyclic) bond motifs is 2. The van der Waals surface area contributed by atoms with Crippen LogP contribution >= 0.6 is 23.7 Å². The van der Waals surface area contributed by atoms with Gasteiger partial charge in [0.25, 0.3) is 5.91 Å². The molecule has 0 N–H and O–H groups in total. The number of halogens is 1. The number of amides is 1. The summed E-state index contributed by atoms with van der Waals surface area (Å²) in [5.41, 5.74) is 5.71. The van der Waals surface area contributed by atoms with E-state index in [1.807, 2.05) is 11.0 Å². The first-order valence-corrected chi connectivity index (χ1v) is 11.9. The third-order valence-electron chi connectivity index (χ3n) is 6.14. The largest absolute Gasteiger partial charge is 0.302 e. The summed E-state index contributed by atoms with van der Waals surface area (Å²) < 4.78 is 1.14. The van der Waals surface area contributed by atoms with Gasteiger partial charge in [-0.1, -0.05) is 37.3 Å². The topological polar surface area (TPSA) is 36.4 Å². The summed E-state index contributed by atoms with van der Waals surface area (Å²) in [6, 6.07) is 12.6. The average molecular weight is 458 g/mol. The SMILES string of the molecule is CCN(CC)CCN(C(=O)c1ccc2c(c1)CCCC2)c1nc2ccc(C)cc2s1.Cl. The molecule has 0 bridgehead atoms. The highest BCUT2D eigenvalue weighted by Crippen LogP contribution is 2.31. The van der Waals surface area contributed by atoms with Crippen molar-refractivity contribution in [2.75, 3.05) is 31.1 Å². The fourth-order valence-electron chi connectivity index (χ4n) is 4.22. The van der Waals surface area contributed by atoms with Crippen LogP contribution in [0.25, 0.3) is 10.2 Å². The second-order valence-corrected chi connectivity index (χ2v) is 9.15. The van der Waals surface area contributed by atoms with Gasteiger partial charge in [-0.2, -0.15) is 0 Å². The quantitative estimate of drug-likeness (QED) is 0.443. The Balaban J connectivity index is 0.00000272. The zero-order valence-electron chi connectivity index (χ0n) is 18.7. The molecule has 0 saturated carbocycles. The maximum Gasteiger partial charge on any atom is 0.260 e. The average Bonchev–Trinajstić information content (AvgIpc) is 3.18. The summed E-state index contributed by atoms with van der Waals surface area (Å²) in [4.78, 5) is 22.7. The zero-order chi connectivity index (χ0) is 21.1. The van der Waals surface area contributed by atoms with Crippen molar-refractivity contribution in [1.29, 1.82) is 0 Å². The van der Waals surface area contributed by atoms with Crippen molar-refractivity contribution < 1.29 is 4.79 Å². The lowest BCUT2D eigenvalue weighted by Gasteiger charge is -2.25. The van der Waals surface area contributed by atoms with Crippen LogP contribution in [0, 0.1) is 6.92 Å². The standard InChI is InChI=1S/C25H31N3OS.ClH/c1-4-27(5-2)14-15-28(25-26-22-13-10-18(3)16-23(22)30-25)24(29)21-12-11-19-8-6-7-9-20(19)17-21;/h10-13,16-17H,4-9,14-15H2,1-3H3;1H. The number of aromatic nitrogens is 1. The van der Waals surface area contributed by atoms with E-state index in [0.717, 1.165) is 53.4 Å². The van der Waals surface area contributed by atoms with Crippen LogP contribution in [-0.2, 0) is 12.8 Å². The van der Waals surface area contributed by atoms with E-state index < -0.39 is 0 Å². The first-order chi connectivity index (χ1) is 14.6. The number of nitrogens with zero attached hydrogens (tertiary/aromatic N) is 3. The predicted octanol–water partition coefficient (Wildman–Crippen LogP) is 5.89. The van der Waals surface area contributed by atoms with Gasteiger partial charge < -0.3 is 4.90 Å². The molecular weight excluding hydrogens is 426 g/mol. The molecule has 4 nitrogen and oxygen atoms in total. The molecule has 0 unspecified atom stereocenters. The number of hydrogen-bond acceptors (Lipinski definition) is 4. The maximum atomic E-state index is 13.6. The molecule has 4 rings (SSSR count). The summed E-state index contributed by atoms with van der Waals surface area (Å²) in [5, 5.41) is 0.797. The molecule has 2 aromatic carbocycles. The predicted molar refractivity (Wildman–Crippen MR) is 134 cm³/mol. The van der Waals surface area contributed by atoms with Crippen molar-refractivity contribution >= 4 is 45.0 Å². The van der Waals surface area contributed by atoms with Crippen LogP contribution in [-0.4, -0.2) is 42.0 Å². The minimum Gasteiger partial charge on any atom is -0.302 e. The number of benzene rings is 2. The monoisotopic (exact) mass is 457 g/mol. The second kappa shape index (κ2) is 10.6. The molecule has 1 heterocycles. The minimum atomic E-state index is 0. The smallest absolute Gasteiger partial charge is 0.260 e. The molecule has 0 saturated heterocycles. The highest BCUT2D eigenvalue weighted by Gasteiger charge is 2.23. The van der Waals surface area contributed by atoms with E-state index in [4.69, 9.17) is 4.98 Å². The van der Waals surface area contributed by atoms with Crippen LogP contribution in [0.4, 0.5) is 5.13 Å². The third-order valence-corrected chi connectivity index (χ3v) is 7.18. The van der Waals surface area contributed by atoms with E-state index in [0.29, 0.717) is 6.54 Å². The highest BCUT2D eigenvalue weighted by atomic mass is 35.5. The van der Waals surface area contributed by atoms with Crippen LogP contribution in [0.2, 0.25) is 0 Å². The van der Waals surface area contributed by atoms with E-state index in [1.54, 1.807) is 11.3 Å². The van der Waals surface area contributed by atoms with Crippen LogP contribution in [0.3, 0.4) is 0 Å². The second-order valence-electron chi connectivity index (χ2n) is 8.14.